The molecule has 0 heterocycles. The van der Waals surface area contributed by atoms with Crippen molar-refractivity contribution in [1.29, 1.82) is 0 Å². The molecule has 0 spiro atoms. The molecule has 0 saturated heterocycles. The van der Waals surface area contributed by atoms with E-state index in [2.05, 4.69) is 13.1 Å². The summed E-state index contributed by atoms with van der Waals surface area (Å²) in [4.78, 5) is 22.3. The Morgan fingerprint density at radius 3 is 2.47 bits per heavy atom. The predicted octanol–water partition coefficient (Wildman–Crippen LogP) is 2.27. The first-order chi connectivity index (χ1) is 7.06. The highest BCUT2D eigenvalue weighted by Gasteiger charge is 2.07. The van der Waals surface area contributed by atoms with E-state index in [-0.39, 0.29) is 19.9 Å². The normalized spacial score (nSPS) is 10.4. The molecule has 0 aliphatic rings. The van der Waals surface area contributed by atoms with E-state index in [0.717, 1.165) is 5.38 Å². The first-order valence-corrected chi connectivity index (χ1v) is 8.85. The van der Waals surface area contributed by atoms with E-state index < -0.39 is 0 Å². The van der Waals surface area contributed by atoms with Crippen molar-refractivity contribution < 1.29 is 14.3 Å². The Hall–Kier alpha value is -0.293. The zero-order chi connectivity index (χ0) is 11.7. The molecule has 0 aliphatic heterocycles. The summed E-state index contributed by atoms with van der Waals surface area (Å²) in [7, 11) is -0.328. The Bertz CT molecular complexity index is 207. The molecule has 0 fully saturated rings. The van der Waals surface area contributed by atoms with Crippen molar-refractivity contribution in [2.75, 3.05) is 12.0 Å². The van der Waals surface area contributed by atoms with Crippen molar-refractivity contribution in [3.63, 3.8) is 0 Å². The van der Waals surface area contributed by atoms with Crippen molar-refractivity contribution in [3.8, 4) is 0 Å². The van der Waals surface area contributed by atoms with Crippen LogP contribution in [-0.4, -0.2) is 31.9 Å². The SMILES string of the molecule is CCOC(=O)CCCC(=O)SC[Si](C)C. The average molecular weight is 247 g/mol. The number of carbonyl (C=O) groups excluding carboxylic acids is 2. The van der Waals surface area contributed by atoms with Crippen molar-refractivity contribution in [2.45, 2.75) is 39.3 Å². The van der Waals surface area contributed by atoms with Crippen LogP contribution in [0.15, 0.2) is 0 Å². The van der Waals surface area contributed by atoms with Gasteiger partial charge < -0.3 is 4.74 Å². The molecule has 0 saturated carbocycles. The van der Waals surface area contributed by atoms with Gasteiger partial charge in [-0.15, -0.1) is 0 Å². The van der Waals surface area contributed by atoms with Crippen LogP contribution in [0, 0.1) is 0 Å². The van der Waals surface area contributed by atoms with Gasteiger partial charge in [0.05, 0.1) is 15.4 Å². The van der Waals surface area contributed by atoms with E-state index in [1.807, 2.05) is 0 Å². The Balaban J connectivity index is 3.42. The fourth-order valence-electron chi connectivity index (χ4n) is 0.907. The number of rotatable bonds is 7. The highest BCUT2D eigenvalue weighted by Crippen LogP contribution is 2.10. The highest BCUT2D eigenvalue weighted by molar-refractivity contribution is 8.14. The molecule has 0 N–H and O–H groups in total. The van der Waals surface area contributed by atoms with Gasteiger partial charge in [0, 0.05) is 12.8 Å². The van der Waals surface area contributed by atoms with Gasteiger partial charge in [0.15, 0.2) is 5.12 Å². The number of hydrogen-bond acceptors (Lipinski definition) is 4. The average Bonchev–Trinajstić information content (AvgIpc) is 2.15. The topological polar surface area (TPSA) is 43.4 Å². The molecule has 0 aromatic carbocycles. The minimum absolute atomic E-state index is 0.200. The molecule has 0 atom stereocenters. The smallest absolute Gasteiger partial charge is 0.305 e. The molecule has 15 heavy (non-hydrogen) atoms. The van der Waals surface area contributed by atoms with Crippen LogP contribution in [0.1, 0.15) is 26.2 Å². The predicted molar refractivity (Wildman–Crippen MR) is 65.4 cm³/mol. The molecule has 0 aromatic heterocycles. The molecular weight excluding hydrogens is 228 g/mol. The molecule has 0 aromatic rings. The second-order valence-electron chi connectivity index (χ2n) is 3.53. The first kappa shape index (κ1) is 14.7. The monoisotopic (exact) mass is 247 g/mol. The largest absolute Gasteiger partial charge is 0.466 e. The number of ether oxygens (including phenoxy) is 1. The summed E-state index contributed by atoms with van der Waals surface area (Å²) in [6, 6.07) is 0. The highest BCUT2D eigenvalue weighted by atomic mass is 32.2. The van der Waals surface area contributed by atoms with Crippen LogP contribution in [-0.2, 0) is 14.3 Å². The summed E-state index contributed by atoms with van der Waals surface area (Å²) in [5.41, 5.74) is 0. The molecule has 0 aliphatic carbocycles. The molecule has 0 rings (SSSR count). The molecule has 0 amide bonds. The summed E-state index contributed by atoms with van der Waals surface area (Å²) in [5.74, 6) is -0.203. The summed E-state index contributed by atoms with van der Waals surface area (Å²) >= 11 is 1.40. The van der Waals surface area contributed by atoms with E-state index >= 15 is 0 Å². The lowest BCUT2D eigenvalue weighted by molar-refractivity contribution is -0.143. The number of thioether (sulfide) groups is 1. The van der Waals surface area contributed by atoms with Crippen molar-refractivity contribution in [3.05, 3.63) is 0 Å². The maximum absolute atomic E-state index is 11.3. The molecule has 1 radical (unpaired) electrons. The lowest BCUT2D eigenvalue weighted by atomic mass is 10.2. The second kappa shape index (κ2) is 8.97. The summed E-state index contributed by atoms with van der Waals surface area (Å²) in [5, 5.41) is 1.16. The van der Waals surface area contributed by atoms with E-state index in [4.69, 9.17) is 4.74 Å². The van der Waals surface area contributed by atoms with Crippen molar-refractivity contribution in [2.24, 2.45) is 0 Å². The van der Waals surface area contributed by atoms with Gasteiger partial charge in [-0.05, 0) is 18.7 Å². The number of esters is 1. The summed E-state index contributed by atoms with van der Waals surface area (Å²) in [6.45, 7) is 6.57. The number of hydrogen-bond donors (Lipinski definition) is 0. The zero-order valence-electron chi connectivity index (χ0n) is 9.67. The van der Waals surface area contributed by atoms with Crippen LogP contribution < -0.4 is 0 Å². The second-order valence-corrected chi connectivity index (χ2v) is 7.84. The Morgan fingerprint density at radius 1 is 1.27 bits per heavy atom. The van der Waals surface area contributed by atoms with Gasteiger partial charge in [-0.1, -0.05) is 24.9 Å². The van der Waals surface area contributed by atoms with Gasteiger partial charge in [0.2, 0.25) is 0 Å². The van der Waals surface area contributed by atoms with Crippen LogP contribution in [0.25, 0.3) is 0 Å². The standard InChI is InChI=1S/C10H19O3SSi/c1-4-13-9(11)6-5-7-10(12)14-8-15(2)3/h4-8H2,1-3H3. The van der Waals surface area contributed by atoms with E-state index in [1.54, 1.807) is 6.92 Å². The lowest BCUT2D eigenvalue weighted by Crippen LogP contribution is -2.08. The van der Waals surface area contributed by atoms with Crippen LogP contribution in [0.5, 0.6) is 0 Å². The molecule has 5 heteroatoms. The van der Waals surface area contributed by atoms with Crippen LogP contribution in [0.2, 0.25) is 13.1 Å². The molecule has 87 valence electrons. The van der Waals surface area contributed by atoms with Crippen LogP contribution in [0.4, 0.5) is 0 Å². The molecular formula is C10H19O3SSi. The Kier molecular flexibility index (Phi) is 8.80. The maximum atomic E-state index is 11.3. The fraction of sp³-hybridized carbons (Fsp3) is 0.800. The zero-order valence-corrected chi connectivity index (χ0v) is 11.5. The van der Waals surface area contributed by atoms with Crippen molar-refractivity contribution in [1.82, 2.24) is 0 Å². The van der Waals surface area contributed by atoms with Crippen molar-refractivity contribution >= 4 is 31.6 Å². The molecule has 0 bridgehead atoms. The minimum atomic E-state index is -0.328. The van der Waals surface area contributed by atoms with Gasteiger partial charge in [0.25, 0.3) is 0 Å². The number of carbonyl (C=O) groups is 2. The third-order valence-electron chi connectivity index (χ3n) is 1.59. The van der Waals surface area contributed by atoms with Crippen LogP contribution >= 0.6 is 11.8 Å². The third-order valence-corrected chi connectivity index (χ3v) is 5.00. The van der Waals surface area contributed by atoms with Gasteiger partial charge in [0.1, 0.15) is 0 Å². The van der Waals surface area contributed by atoms with E-state index in [9.17, 15) is 9.59 Å². The minimum Gasteiger partial charge on any atom is -0.466 e. The fourth-order valence-corrected chi connectivity index (χ4v) is 2.99. The maximum Gasteiger partial charge on any atom is 0.305 e. The summed E-state index contributed by atoms with van der Waals surface area (Å²) in [6.07, 6.45) is 1.45. The first-order valence-electron chi connectivity index (χ1n) is 5.16. The van der Waals surface area contributed by atoms with E-state index in [1.165, 1.54) is 11.8 Å². The van der Waals surface area contributed by atoms with Gasteiger partial charge in [-0.25, -0.2) is 0 Å². The summed E-state index contributed by atoms with van der Waals surface area (Å²) < 4.78 is 4.77. The Morgan fingerprint density at radius 2 is 1.93 bits per heavy atom. The molecule has 0 unspecified atom stereocenters. The molecule has 3 nitrogen and oxygen atoms in total. The lowest BCUT2D eigenvalue weighted by Gasteiger charge is -2.02. The third kappa shape index (κ3) is 10.00. The van der Waals surface area contributed by atoms with Gasteiger partial charge >= 0.3 is 5.97 Å². The van der Waals surface area contributed by atoms with E-state index in [0.29, 0.717) is 25.9 Å². The van der Waals surface area contributed by atoms with Gasteiger partial charge in [-0.2, -0.15) is 0 Å². The van der Waals surface area contributed by atoms with Gasteiger partial charge in [-0.3, -0.25) is 9.59 Å². The quantitative estimate of drug-likeness (QED) is 0.511. The Labute approximate surface area is 97.6 Å². The van der Waals surface area contributed by atoms with Crippen LogP contribution in [0.3, 0.4) is 0 Å².